The second-order valence-corrected chi connectivity index (χ2v) is 7.23. The molecule has 0 spiro atoms. The van der Waals surface area contributed by atoms with E-state index in [0.717, 1.165) is 5.56 Å². The van der Waals surface area contributed by atoms with Crippen LogP contribution in [0.15, 0.2) is 84.9 Å². The molecule has 0 fully saturated rings. The first kappa shape index (κ1) is 21.0. The number of benzene rings is 3. The summed E-state index contributed by atoms with van der Waals surface area (Å²) in [5.41, 5.74) is 2.24. The number of nitrogens with one attached hydrogen (secondary N) is 2. The Labute approximate surface area is 184 Å². The van der Waals surface area contributed by atoms with E-state index in [1.54, 1.807) is 30.3 Å². The fraction of sp³-hybridized carbons (Fsp3) is 0.0800. The second-order valence-electron chi connectivity index (χ2n) is 7.23. The van der Waals surface area contributed by atoms with Gasteiger partial charge >= 0.3 is 0 Å². The molecular weight excluding hydrogens is 409 g/mol. The zero-order chi connectivity index (χ0) is 22.5. The predicted octanol–water partition coefficient (Wildman–Crippen LogP) is 4.22. The van der Waals surface area contributed by atoms with Crippen molar-refractivity contribution in [3.63, 3.8) is 0 Å². The van der Waals surface area contributed by atoms with Crippen molar-refractivity contribution in [3.05, 3.63) is 96.3 Å². The van der Waals surface area contributed by atoms with E-state index in [9.17, 15) is 18.8 Å². The fourth-order valence-electron chi connectivity index (χ4n) is 3.48. The number of hydrogen-bond acceptors (Lipinski definition) is 3. The van der Waals surface area contributed by atoms with Gasteiger partial charge in [0.15, 0.2) is 0 Å². The minimum absolute atomic E-state index is 0.261. The Bertz CT molecular complexity index is 1180. The van der Waals surface area contributed by atoms with Gasteiger partial charge in [0.1, 0.15) is 11.9 Å². The molecule has 4 rings (SSSR count). The largest absolute Gasteiger partial charge is 0.326 e. The summed E-state index contributed by atoms with van der Waals surface area (Å²) in [5, 5.41) is 5.40. The van der Waals surface area contributed by atoms with Crippen LogP contribution in [0.5, 0.6) is 0 Å². The molecule has 7 heteroatoms. The highest BCUT2D eigenvalue weighted by Gasteiger charge is 2.37. The van der Waals surface area contributed by atoms with E-state index < -0.39 is 29.6 Å². The maximum Gasteiger partial charge on any atom is 0.251 e. The molecule has 3 aromatic rings. The molecule has 1 heterocycles. The number of carbonyl (C=O) groups is 3. The summed E-state index contributed by atoms with van der Waals surface area (Å²) in [4.78, 5) is 39.9. The number of anilines is 3. The van der Waals surface area contributed by atoms with Gasteiger partial charge < -0.3 is 10.6 Å². The highest BCUT2D eigenvalue weighted by Crippen LogP contribution is 2.33. The van der Waals surface area contributed by atoms with Crippen molar-refractivity contribution < 1.29 is 18.8 Å². The van der Waals surface area contributed by atoms with Crippen LogP contribution in [0, 0.1) is 5.82 Å². The molecule has 6 nitrogen and oxygen atoms in total. The van der Waals surface area contributed by atoms with Gasteiger partial charge in [-0.1, -0.05) is 42.5 Å². The Morgan fingerprint density at radius 2 is 1.66 bits per heavy atom. The van der Waals surface area contributed by atoms with Crippen molar-refractivity contribution in [1.29, 1.82) is 0 Å². The average Bonchev–Trinajstić information content (AvgIpc) is 2.80. The van der Waals surface area contributed by atoms with Crippen molar-refractivity contribution in [1.82, 2.24) is 0 Å². The van der Waals surface area contributed by atoms with Crippen LogP contribution in [-0.2, 0) is 14.4 Å². The molecule has 1 aliphatic rings. The third-order valence-electron chi connectivity index (χ3n) is 5.00. The highest BCUT2D eigenvalue weighted by molar-refractivity contribution is 6.16. The molecular formula is C25H20FN3O3. The molecule has 1 aliphatic heterocycles. The first-order valence-electron chi connectivity index (χ1n) is 10.0. The summed E-state index contributed by atoms with van der Waals surface area (Å²) in [5.74, 6) is -1.77. The van der Waals surface area contributed by atoms with Crippen LogP contribution in [0.25, 0.3) is 6.08 Å². The quantitative estimate of drug-likeness (QED) is 0.596. The molecule has 32 heavy (non-hydrogen) atoms. The Balaban J connectivity index is 1.59. The van der Waals surface area contributed by atoms with Gasteiger partial charge in [-0.3, -0.25) is 19.3 Å². The molecule has 3 amide bonds. The summed E-state index contributed by atoms with van der Waals surface area (Å²) < 4.78 is 13.1. The maximum absolute atomic E-state index is 13.2. The SMILES string of the molecule is O=C(CC1C(=O)Nc2ccccc2N1C(=O)/C=C/c1ccccc1)Nc1ccc(F)cc1. The van der Waals surface area contributed by atoms with Crippen LogP contribution in [-0.4, -0.2) is 23.8 Å². The van der Waals surface area contributed by atoms with E-state index in [1.165, 1.54) is 35.2 Å². The van der Waals surface area contributed by atoms with Crippen molar-refractivity contribution >= 4 is 40.9 Å². The van der Waals surface area contributed by atoms with Gasteiger partial charge in [-0.15, -0.1) is 0 Å². The molecule has 160 valence electrons. The maximum atomic E-state index is 13.2. The first-order valence-corrected chi connectivity index (χ1v) is 10.0. The number of para-hydroxylation sites is 2. The monoisotopic (exact) mass is 429 g/mol. The lowest BCUT2D eigenvalue weighted by atomic mass is 10.0. The number of fused-ring (bicyclic) bond motifs is 1. The van der Waals surface area contributed by atoms with Crippen LogP contribution in [0.3, 0.4) is 0 Å². The number of hydrogen-bond donors (Lipinski definition) is 2. The minimum Gasteiger partial charge on any atom is -0.326 e. The lowest BCUT2D eigenvalue weighted by Crippen LogP contribution is -2.52. The normalized spacial score (nSPS) is 15.2. The topological polar surface area (TPSA) is 78.5 Å². The number of rotatable bonds is 5. The summed E-state index contributed by atoms with van der Waals surface area (Å²) in [7, 11) is 0. The van der Waals surface area contributed by atoms with Crippen LogP contribution < -0.4 is 15.5 Å². The molecule has 0 saturated heterocycles. The molecule has 3 aromatic carbocycles. The third kappa shape index (κ3) is 4.73. The Morgan fingerprint density at radius 1 is 0.969 bits per heavy atom. The van der Waals surface area contributed by atoms with Gasteiger partial charge in [-0.25, -0.2) is 4.39 Å². The molecule has 1 atom stereocenters. The van der Waals surface area contributed by atoms with Crippen molar-refractivity contribution in [3.8, 4) is 0 Å². The van der Waals surface area contributed by atoms with Crippen LogP contribution in [0.4, 0.5) is 21.5 Å². The molecule has 0 aliphatic carbocycles. The number of halogens is 1. The second kappa shape index (κ2) is 9.26. The van der Waals surface area contributed by atoms with Crippen molar-refractivity contribution in [2.75, 3.05) is 15.5 Å². The van der Waals surface area contributed by atoms with E-state index >= 15 is 0 Å². The standard InChI is InChI=1S/C25H20FN3O3/c26-18-11-13-19(14-12-18)27-23(30)16-22-25(32)28-20-8-4-5-9-21(20)29(22)24(31)15-10-17-6-2-1-3-7-17/h1-15,22H,16H2,(H,27,30)(H,28,32)/b15-10+. The van der Waals surface area contributed by atoms with Crippen LogP contribution >= 0.6 is 0 Å². The average molecular weight is 429 g/mol. The number of carbonyl (C=O) groups excluding carboxylic acids is 3. The molecule has 0 radical (unpaired) electrons. The Kier molecular flexibility index (Phi) is 6.07. The summed E-state index contributed by atoms with van der Waals surface area (Å²) >= 11 is 0. The molecule has 1 unspecified atom stereocenters. The van der Waals surface area contributed by atoms with E-state index in [0.29, 0.717) is 17.1 Å². The smallest absolute Gasteiger partial charge is 0.251 e. The van der Waals surface area contributed by atoms with E-state index in [2.05, 4.69) is 10.6 Å². The van der Waals surface area contributed by atoms with Crippen molar-refractivity contribution in [2.24, 2.45) is 0 Å². The minimum atomic E-state index is -1.04. The fourth-order valence-corrected chi connectivity index (χ4v) is 3.48. The van der Waals surface area contributed by atoms with Gasteiger partial charge in [-0.05, 0) is 48.0 Å². The van der Waals surface area contributed by atoms with Crippen LogP contribution in [0.1, 0.15) is 12.0 Å². The van der Waals surface area contributed by atoms with Gasteiger partial charge in [0, 0.05) is 11.8 Å². The lowest BCUT2D eigenvalue weighted by Gasteiger charge is -2.35. The zero-order valence-corrected chi connectivity index (χ0v) is 17.0. The van der Waals surface area contributed by atoms with E-state index in [4.69, 9.17) is 0 Å². The molecule has 2 N–H and O–H groups in total. The number of amides is 3. The van der Waals surface area contributed by atoms with Gasteiger partial charge in [-0.2, -0.15) is 0 Å². The molecule has 0 bridgehead atoms. The third-order valence-corrected chi connectivity index (χ3v) is 5.00. The van der Waals surface area contributed by atoms with E-state index in [1.807, 2.05) is 30.3 Å². The number of nitrogens with zero attached hydrogens (tertiary/aromatic N) is 1. The zero-order valence-electron chi connectivity index (χ0n) is 17.0. The molecule has 0 aromatic heterocycles. The van der Waals surface area contributed by atoms with E-state index in [-0.39, 0.29) is 6.42 Å². The molecule has 0 saturated carbocycles. The van der Waals surface area contributed by atoms with Crippen LogP contribution in [0.2, 0.25) is 0 Å². The lowest BCUT2D eigenvalue weighted by molar-refractivity contribution is -0.124. The van der Waals surface area contributed by atoms with Crippen molar-refractivity contribution in [2.45, 2.75) is 12.5 Å². The highest BCUT2D eigenvalue weighted by atomic mass is 19.1. The Morgan fingerprint density at radius 3 is 2.41 bits per heavy atom. The van der Waals surface area contributed by atoms with Gasteiger partial charge in [0.2, 0.25) is 11.8 Å². The summed E-state index contributed by atoms with van der Waals surface area (Å²) in [6.45, 7) is 0. The predicted molar refractivity (Wildman–Crippen MR) is 121 cm³/mol. The first-order chi connectivity index (χ1) is 15.5. The summed E-state index contributed by atoms with van der Waals surface area (Å²) in [6.07, 6.45) is 2.78. The van der Waals surface area contributed by atoms with Gasteiger partial charge in [0.25, 0.3) is 5.91 Å². The van der Waals surface area contributed by atoms with Gasteiger partial charge in [0.05, 0.1) is 17.8 Å². The Hall–Kier alpha value is -4.26. The summed E-state index contributed by atoms with van der Waals surface area (Å²) in [6, 6.07) is 20.5.